The van der Waals surface area contributed by atoms with E-state index in [1.165, 1.54) is 12.8 Å². The van der Waals surface area contributed by atoms with Crippen LogP contribution in [0.1, 0.15) is 36.6 Å². The van der Waals surface area contributed by atoms with Gasteiger partial charge >= 0.3 is 0 Å². The number of carbonyl (C=O) groups is 1. The zero-order chi connectivity index (χ0) is 15.2. The van der Waals surface area contributed by atoms with Crippen LogP contribution < -0.4 is 10.6 Å². The standard InChI is InChI=1S/C17H20N4O/c22-16(20-12-13-4-2-1-3-5-13)9-11-18-15-8-10-19-17(21-15)14-6-7-14/h1-5,8,10,14H,6-7,9,11-12H2,(H,20,22)(H,18,19,21). The quantitative estimate of drug-likeness (QED) is 0.823. The van der Waals surface area contributed by atoms with Crippen LogP contribution in [0, 0.1) is 0 Å². The average Bonchev–Trinajstić information content (AvgIpc) is 3.39. The number of aromatic nitrogens is 2. The number of carbonyl (C=O) groups excluding carboxylic acids is 1. The molecule has 1 heterocycles. The van der Waals surface area contributed by atoms with Gasteiger partial charge in [-0.15, -0.1) is 0 Å². The molecule has 114 valence electrons. The van der Waals surface area contributed by atoms with Gasteiger partial charge in [-0.2, -0.15) is 0 Å². The lowest BCUT2D eigenvalue weighted by Gasteiger charge is -2.08. The Morgan fingerprint density at radius 2 is 2.00 bits per heavy atom. The Morgan fingerprint density at radius 3 is 2.77 bits per heavy atom. The molecule has 0 saturated heterocycles. The van der Waals surface area contributed by atoms with Crippen molar-refractivity contribution < 1.29 is 4.79 Å². The largest absolute Gasteiger partial charge is 0.369 e. The van der Waals surface area contributed by atoms with Crippen LogP contribution in [-0.4, -0.2) is 22.4 Å². The zero-order valence-corrected chi connectivity index (χ0v) is 12.5. The third-order valence-corrected chi connectivity index (χ3v) is 3.61. The second-order valence-corrected chi connectivity index (χ2v) is 5.51. The first-order valence-corrected chi connectivity index (χ1v) is 7.69. The molecule has 22 heavy (non-hydrogen) atoms. The van der Waals surface area contributed by atoms with E-state index in [-0.39, 0.29) is 5.91 Å². The van der Waals surface area contributed by atoms with Crippen molar-refractivity contribution >= 4 is 11.7 Å². The highest BCUT2D eigenvalue weighted by molar-refractivity contribution is 5.76. The number of benzene rings is 1. The van der Waals surface area contributed by atoms with Crippen LogP contribution in [0.2, 0.25) is 0 Å². The molecule has 1 aromatic heterocycles. The number of amides is 1. The molecule has 1 saturated carbocycles. The molecule has 2 N–H and O–H groups in total. The Labute approximate surface area is 130 Å². The van der Waals surface area contributed by atoms with Gasteiger partial charge in [0.2, 0.25) is 5.91 Å². The minimum absolute atomic E-state index is 0.0350. The van der Waals surface area contributed by atoms with Crippen molar-refractivity contribution in [1.82, 2.24) is 15.3 Å². The van der Waals surface area contributed by atoms with Crippen LogP contribution in [-0.2, 0) is 11.3 Å². The molecular weight excluding hydrogens is 276 g/mol. The number of nitrogens with one attached hydrogen (secondary N) is 2. The number of hydrogen-bond donors (Lipinski definition) is 2. The molecule has 1 aliphatic rings. The predicted molar refractivity (Wildman–Crippen MR) is 85.4 cm³/mol. The van der Waals surface area contributed by atoms with E-state index in [2.05, 4.69) is 20.6 Å². The third-order valence-electron chi connectivity index (χ3n) is 3.61. The second kappa shape index (κ2) is 7.02. The van der Waals surface area contributed by atoms with E-state index in [1.54, 1.807) is 6.20 Å². The monoisotopic (exact) mass is 296 g/mol. The lowest BCUT2D eigenvalue weighted by atomic mass is 10.2. The minimum atomic E-state index is 0.0350. The third kappa shape index (κ3) is 4.28. The molecule has 0 atom stereocenters. The Kier molecular flexibility index (Phi) is 4.63. The first-order chi connectivity index (χ1) is 10.8. The lowest BCUT2D eigenvalue weighted by Crippen LogP contribution is -2.25. The Morgan fingerprint density at radius 1 is 1.18 bits per heavy atom. The predicted octanol–water partition coefficient (Wildman–Crippen LogP) is 2.47. The van der Waals surface area contributed by atoms with Gasteiger partial charge < -0.3 is 10.6 Å². The van der Waals surface area contributed by atoms with Gasteiger partial charge in [-0.1, -0.05) is 30.3 Å². The summed E-state index contributed by atoms with van der Waals surface area (Å²) in [6.07, 6.45) is 4.57. The molecule has 2 aromatic rings. The molecule has 3 rings (SSSR count). The van der Waals surface area contributed by atoms with E-state index in [9.17, 15) is 4.79 Å². The summed E-state index contributed by atoms with van der Waals surface area (Å²) >= 11 is 0. The van der Waals surface area contributed by atoms with Crippen molar-refractivity contribution in [2.24, 2.45) is 0 Å². The first-order valence-electron chi connectivity index (χ1n) is 7.69. The van der Waals surface area contributed by atoms with Gasteiger partial charge in [-0.05, 0) is 24.5 Å². The number of nitrogens with zero attached hydrogens (tertiary/aromatic N) is 2. The molecule has 5 nitrogen and oxygen atoms in total. The van der Waals surface area contributed by atoms with Crippen molar-refractivity contribution in [2.75, 3.05) is 11.9 Å². The average molecular weight is 296 g/mol. The lowest BCUT2D eigenvalue weighted by molar-refractivity contribution is -0.121. The van der Waals surface area contributed by atoms with Crippen molar-refractivity contribution in [3.8, 4) is 0 Å². The summed E-state index contributed by atoms with van der Waals surface area (Å²) in [4.78, 5) is 20.6. The van der Waals surface area contributed by atoms with E-state index in [0.717, 1.165) is 17.2 Å². The molecule has 0 aliphatic heterocycles. The van der Waals surface area contributed by atoms with E-state index < -0.39 is 0 Å². The maximum atomic E-state index is 11.8. The fraction of sp³-hybridized carbons (Fsp3) is 0.353. The maximum absolute atomic E-state index is 11.8. The topological polar surface area (TPSA) is 66.9 Å². The van der Waals surface area contributed by atoms with Crippen molar-refractivity contribution in [2.45, 2.75) is 31.7 Å². The summed E-state index contributed by atoms with van der Waals surface area (Å²) < 4.78 is 0. The number of hydrogen-bond acceptors (Lipinski definition) is 4. The fourth-order valence-corrected chi connectivity index (χ4v) is 2.20. The van der Waals surface area contributed by atoms with Gasteiger partial charge in [0.25, 0.3) is 0 Å². The van der Waals surface area contributed by atoms with Crippen LogP contribution in [0.5, 0.6) is 0 Å². The van der Waals surface area contributed by atoms with Crippen LogP contribution >= 0.6 is 0 Å². The summed E-state index contributed by atoms with van der Waals surface area (Å²) in [5, 5.41) is 6.10. The normalized spacial score (nSPS) is 13.6. The van der Waals surface area contributed by atoms with E-state index in [1.807, 2.05) is 36.4 Å². The second-order valence-electron chi connectivity index (χ2n) is 5.51. The summed E-state index contributed by atoms with van der Waals surface area (Å²) in [7, 11) is 0. The highest BCUT2D eigenvalue weighted by Crippen LogP contribution is 2.37. The Bertz CT molecular complexity index is 626. The zero-order valence-electron chi connectivity index (χ0n) is 12.5. The van der Waals surface area contributed by atoms with Crippen LogP contribution in [0.4, 0.5) is 5.82 Å². The van der Waals surface area contributed by atoms with E-state index in [4.69, 9.17) is 0 Å². The number of anilines is 1. The molecule has 0 unspecified atom stereocenters. The van der Waals surface area contributed by atoms with Gasteiger partial charge in [0, 0.05) is 31.6 Å². The summed E-state index contributed by atoms with van der Waals surface area (Å²) in [6, 6.07) is 11.7. The Balaban J connectivity index is 1.39. The fourth-order valence-electron chi connectivity index (χ4n) is 2.20. The summed E-state index contributed by atoms with van der Waals surface area (Å²) in [5.74, 6) is 2.29. The molecular formula is C17H20N4O. The van der Waals surface area contributed by atoms with Gasteiger partial charge in [0.05, 0.1) is 0 Å². The molecule has 1 fully saturated rings. The van der Waals surface area contributed by atoms with Crippen molar-refractivity contribution in [1.29, 1.82) is 0 Å². The van der Waals surface area contributed by atoms with Crippen molar-refractivity contribution in [3.05, 3.63) is 54.0 Å². The van der Waals surface area contributed by atoms with Gasteiger partial charge in [-0.3, -0.25) is 4.79 Å². The summed E-state index contributed by atoms with van der Waals surface area (Å²) in [5.41, 5.74) is 1.11. The van der Waals surface area contributed by atoms with Crippen molar-refractivity contribution in [3.63, 3.8) is 0 Å². The first kappa shape index (κ1) is 14.5. The Hall–Kier alpha value is -2.43. The molecule has 1 amide bonds. The molecule has 5 heteroatoms. The van der Waals surface area contributed by atoms with Gasteiger partial charge in [-0.25, -0.2) is 9.97 Å². The highest BCUT2D eigenvalue weighted by Gasteiger charge is 2.26. The minimum Gasteiger partial charge on any atom is -0.369 e. The molecule has 0 spiro atoms. The van der Waals surface area contributed by atoms with Gasteiger partial charge in [0.15, 0.2) is 0 Å². The summed E-state index contributed by atoms with van der Waals surface area (Å²) in [6.45, 7) is 1.14. The van der Waals surface area contributed by atoms with Crippen LogP contribution in [0.3, 0.4) is 0 Å². The maximum Gasteiger partial charge on any atom is 0.222 e. The molecule has 0 bridgehead atoms. The molecule has 1 aliphatic carbocycles. The SMILES string of the molecule is O=C(CCNc1ccnc(C2CC2)n1)NCc1ccccc1. The van der Waals surface area contributed by atoms with Crippen LogP contribution in [0.25, 0.3) is 0 Å². The number of rotatable bonds is 7. The molecule has 0 radical (unpaired) electrons. The van der Waals surface area contributed by atoms with Crippen LogP contribution in [0.15, 0.2) is 42.6 Å². The highest BCUT2D eigenvalue weighted by atomic mass is 16.1. The molecule has 1 aromatic carbocycles. The van der Waals surface area contributed by atoms with E-state index in [0.29, 0.717) is 25.4 Å². The van der Waals surface area contributed by atoms with Gasteiger partial charge in [0.1, 0.15) is 11.6 Å². The smallest absolute Gasteiger partial charge is 0.222 e. The van der Waals surface area contributed by atoms with E-state index >= 15 is 0 Å².